The van der Waals surface area contributed by atoms with Crippen molar-refractivity contribution in [3.05, 3.63) is 78.9 Å². The molecule has 4 nitrogen and oxygen atoms in total. The summed E-state index contributed by atoms with van der Waals surface area (Å²) in [5, 5.41) is 2.28. The Labute approximate surface area is 180 Å². The first-order valence-electron chi connectivity index (χ1n) is 11.0. The molecule has 2 saturated carbocycles. The van der Waals surface area contributed by atoms with Crippen LogP contribution in [-0.4, -0.2) is 11.8 Å². The Balaban J connectivity index is 1.15. The highest BCUT2D eigenvalue weighted by molar-refractivity contribution is 6.22. The third-order valence-corrected chi connectivity index (χ3v) is 7.71. The van der Waals surface area contributed by atoms with E-state index in [0.29, 0.717) is 23.3 Å². The van der Waals surface area contributed by atoms with Crippen molar-refractivity contribution in [1.82, 2.24) is 0 Å². The normalized spacial score (nSPS) is 32.3. The molecule has 8 rings (SSSR count). The molecule has 0 N–H and O–H groups in total. The Kier molecular flexibility index (Phi) is 3.39. The molecule has 1 aliphatic heterocycles. The Morgan fingerprint density at radius 3 is 2.00 bits per heavy atom. The first-order valence-corrected chi connectivity index (χ1v) is 11.0. The van der Waals surface area contributed by atoms with Crippen molar-refractivity contribution in [2.24, 2.45) is 35.5 Å². The lowest BCUT2D eigenvalue weighted by Gasteiger charge is -2.37. The van der Waals surface area contributed by atoms with E-state index in [1.807, 2.05) is 54.6 Å². The van der Waals surface area contributed by atoms with Gasteiger partial charge in [-0.05, 0) is 77.3 Å². The molecule has 4 heteroatoms. The maximum atomic E-state index is 13.2. The molecule has 31 heavy (non-hydrogen) atoms. The molecule has 0 unspecified atom stereocenters. The van der Waals surface area contributed by atoms with Gasteiger partial charge in [0, 0.05) is 0 Å². The van der Waals surface area contributed by atoms with Crippen LogP contribution in [0.15, 0.2) is 78.9 Å². The fourth-order valence-corrected chi connectivity index (χ4v) is 6.24. The summed E-state index contributed by atoms with van der Waals surface area (Å²) in [4.78, 5) is 27.9. The van der Waals surface area contributed by atoms with Gasteiger partial charge in [-0.3, -0.25) is 14.5 Å². The van der Waals surface area contributed by atoms with E-state index in [-0.39, 0.29) is 35.5 Å². The molecule has 1 saturated heterocycles. The number of hydrogen-bond donors (Lipinski definition) is 0. The van der Waals surface area contributed by atoms with E-state index >= 15 is 0 Å². The summed E-state index contributed by atoms with van der Waals surface area (Å²) >= 11 is 0. The van der Waals surface area contributed by atoms with Crippen LogP contribution in [-0.2, 0) is 9.59 Å². The molecule has 2 amide bonds. The van der Waals surface area contributed by atoms with Crippen LogP contribution >= 0.6 is 0 Å². The number of allylic oxidation sites excluding steroid dienone is 2. The predicted octanol–water partition coefficient (Wildman–Crippen LogP) is 5.19. The van der Waals surface area contributed by atoms with Crippen molar-refractivity contribution >= 4 is 28.3 Å². The number of carbonyl (C=O) groups excluding carboxylic acids is 2. The second-order valence-corrected chi connectivity index (χ2v) is 9.27. The minimum Gasteiger partial charge on any atom is -0.457 e. The Morgan fingerprint density at radius 2 is 1.32 bits per heavy atom. The van der Waals surface area contributed by atoms with Crippen LogP contribution < -0.4 is 9.64 Å². The summed E-state index contributed by atoms with van der Waals surface area (Å²) in [5.74, 6) is 2.78. The van der Waals surface area contributed by atoms with Crippen molar-refractivity contribution < 1.29 is 14.3 Å². The van der Waals surface area contributed by atoms with Gasteiger partial charge in [-0.1, -0.05) is 42.5 Å². The molecule has 152 valence electrons. The zero-order valence-corrected chi connectivity index (χ0v) is 16.8. The van der Waals surface area contributed by atoms with E-state index < -0.39 is 0 Å². The number of benzene rings is 3. The second-order valence-electron chi connectivity index (χ2n) is 9.27. The molecule has 3 aromatic carbocycles. The lowest BCUT2D eigenvalue weighted by atomic mass is 9.63. The van der Waals surface area contributed by atoms with Gasteiger partial charge in [-0.15, -0.1) is 0 Å². The van der Waals surface area contributed by atoms with Crippen molar-refractivity contribution in [2.75, 3.05) is 4.90 Å². The number of fused-ring (bicyclic) bond motifs is 1. The lowest BCUT2D eigenvalue weighted by Crippen LogP contribution is -2.40. The molecule has 3 fully saturated rings. The van der Waals surface area contributed by atoms with Crippen LogP contribution in [0.25, 0.3) is 10.8 Å². The standard InChI is InChI=1S/C27H21NO3/c29-26-24-20-11-12-21(23-14-22(20)23)25(24)27(30)28(26)17-6-9-18(10-7-17)31-19-8-5-15-3-1-2-4-16(15)13-19/h1-13,20-25H,14H2/t20-,21-,22-,23-,24+,25+/m1/s1. The fourth-order valence-electron chi connectivity index (χ4n) is 6.24. The molecular weight excluding hydrogens is 386 g/mol. The molecule has 0 spiro atoms. The maximum absolute atomic E-state index is 13.2. The monoisotopic (exact) mass is 407 g/mol. The van der Waals surface area contributed by atoms with E-state index in [1.54, 1.807) is 0 Å². The van der Waals surface area contributed by atoms with Gasteiger partial charge in [-0.25, -0.2) is 0 Å². The van der Waals surface area contributed by atoms with Crippen molar-refractivity contribution in [3.8, 4) is 11.5 Å². The van der Waals surface area contributed by atoms with Gasteiger partial charge in [-0.2, -0.15) is 0 Å². The number of hydrogen-bond acceptors (Lipinski definition) is 3. The topological polar surface area (TPSA) is 46.6 Å². The van der Waals surface area contributed by atoms with Crippen LogP contribution in [0.2, 0.25) is 0 Å². The van der Waals surface area contributed by atoms with Gasteiger partial charge in [0.25, 0.3) is 0 Å². The van der Waals surface area contributed by atoms with Gasteiger partial charge < -0.3 is 4.74 Å². The molecule has 3 aromatic rings. The average Bonchev–Trinajstić information content (AvgIpc) is 3.58. The summed E-state index contributed by atoms with van der Waals surface area (Å²) in [6, 6.07) is 21.4. The Morgan fingerprint density at radius 1 is 0.710 bits per heavy atom. The highest BCUT2D eigenvalue weighted by atomic mass is 16.5. The predicted molar refractivity (Wildman–Crippen MR) is 118 cm³/mol. The quantitative estimate of drug-likeness (QED) is 0.443. The zero-order valence-electron chi connectivity index (χ0n) is 16.8. The van der Waals surface area contributed by atoms with Crippen LogP contribution in [0.4, 0.5) is 5.69 Å². The second kappa shape index (κ2) is 6.07. The Bertz CT molecular complexity index is 1240. The summed E-state index contributed by atoms with van der Waals surface area (Å²) in [6.45, 7) is 0. The van der Waals surface area contributed by atoms with Crippen molar-refractivity contribution in [2.45, 2.75) is 6.42 Å². The number of nitrogens with zero attached hydrogens (tertiary/aromatic N) is 1. The molecule has 1 heterocycles. The third kappa shape index (κ3) is 2.42. The minimum absolute atomic E-state index is 0.0251. The van der Waals surface area contributed by atoms with Gasteiger partial charge in [0.2, 0.25) is 11.8 Å². The molecule has 2 bridgehead atoms. The lowest BCUT2D eigenvalue weighted by molar-refractivity contribution is -0.124. The number of anilines is 1. The summed E-state index contributed by atoms with van der Waals surface area (Å²) < 4.78 is 6.02. The highest BCUT2D eigenvalue weighted by Gasteiger charge is 2.67. The average molecular weight is 407 g/mol. The number of carbonyl (C=O) groups is 2. The maximum Gasteiger partial charge on any atom is 0.238 e. The van der Waals surface area contributed by atoms with E-state index in [4.69, 9.17) is 4.74 Å². The van der Waals surface area contributed by atoms with Gasteiger partial charge in [0.1, 0.15) is 11.5 Å². The number of ether oxygens (including phenoxy) is 1. The van der Waals surface area contributed by atoms with Crippen LogP contribution in [0.1, 0.15) is 6.42 Å². The summed E-state index contributed by atoms with van der Waals surface area (Å²) in [5.41, 5.74) is 0.642. The number of amides is 2. The summed E-state index contributed by atoms with van der Waals surface area (Å²) in [7, 11) is 0. The molecule has 5 aliphatic rings. The minimum atomic E-state index is -0.167. The van der Waals surface area contributed by atoms with Crippen LogP contribution in [0.3, 0.4) is 0 Å². The summed E-state index contributed by atoms with van der Waals surface area (Å²) in [6.07, 6.45) is 5.58. The van der Waals surface area contributed by atoms with Crippen LogP contribution in [0, 0.1) is 35.5 Å². The molecule has 6 atom stereocenters. The van der Waals surface area contributed by atoms with E-state index in [2.05, 4.69) is 24.3 Å². The van der Waals surface area contributed by atoms with Gasteiger partial charge in [0.05, 0.1) is 17.5 Å². The van der Waals surface area contributed by atoms with Crippen LogP contribution in [0.5, 0.6) is 11.5 Å². The smallest absolute Gasteiger partial charge is 0.238 e. The molecular formula is C27H21NO3. The number of rotatable bonds is 3. The largest absolute Gasteiger partial charge is 0.457 e. The molecule has 4 aliphatic carbocycles. The SMILES string of the molecule is O=C1[C@H]2[C@@H]3C=C[C@H]([C@H]4C[C@H]34)[C@@H]2C(=O)N1c1ccc(Oc2ccc3ccccc3c2)cc1. The molecule has 0 aromatic heterocycles. The fraction of sp³-hybridized carbons (Fsp3) is 0.259. The third-order valence-electron chi connectivity index (χ3n) is 7.71. The van der Waals surface area contributed by atoms with Gasteiger partial charge in [0.15, 0.2) is 0 Å². The van der Waals surface area contributed by atoms with Crippen molar-refractivity contribution in [1.29, 1.82) is 0 Å². The van der Waals surface area contributed by atoms with E-state index in [0.717, 1.165) is 11.1 Å². The highest BCUT2D eigenvalue weighted by Crippen LogP contribution is 2.65. The first-order chi connectivity index (χ1) is 15.2. The molecule has 0 radical (unpaired) electrons. The van der Waals surface area contributed by atoms with E-state index in [9.17, 15) is 9.59 Å². The van der Waals surface area contributed by atoms with Gasteiger partial charge >= 0.3 is 0 Å². The van der Waals surface area contributed by atoms with Crippen molar-refractivity contribution in [3.63, 3.8) is 0 Å². The Hall–Kier alpha value is -3.40. The first kappa shape index (κ1) is 17.3. The van der Waals surface area contributed by atoms with E-state index in [1.165, 1.54) is 16.7 Å². The zero-order chi connectivity index (χ0) is 20.7. The number of imide groups is 1.